The first-order chi connectivity index (χ1) is 7.31. The third-order valence-corrected chi connectivity index (χ3v) is 4.05. The lowest BCUT2D eigenvalue weighted by molar-refractivity contribution is 0.271. The molecule has 84 valence electrons. The Labute approximate surface area is 96.1 Å². The molecule has 1 heterocycles. The van der Waals surface area contributed by atoms with Gasteiger partial charge in [0.2, 0.25) is 0 Å². The van der Waals surface area contributed by atoms with Crippen molar-refractivity contribution in [3.8, 4) is 0 Å². The molecule has 1 saturated carbocycles. The molecule has 2 nitrogen and oxygen atoms in total. The van der Waals surface area contributed by atoms with Gasteiger partial charge in [0.15, 0.2) is 0 Å². The van der Waals surface area contributed by atoms with Crippen LogP contribution >= 0.6 is 11.3 Å². The van der Waals surface area contributed by atoms with Crippen molar-refractivity contribution < 1.29 is 0 Å². The van der Waals surface area contributed by atoms with Crippen LogP contribution in [0.5, 0.6) is 0 Å². The number of rotatable bonds is 6. The van der Waals surface area contributed by atoms with Gasteiger partial charge in [0.1, 0.15) is 0 Å². The normalized spacial score (nSPS) is 16.2. The van der Waals surface area contributed by atoms with Crippen LogP contribution in [0.15, 0.2) is 12.1 Å². The summed E-state index contributed by atoms with van der Waals surface area (Å²) in [6.07, 6.45) is 2.88. The van der Waals surface area contributed by atoms with Crippen LogP contribution in [0, 0.1) is 5.92 Å². The van der Waals surface area contributed by atoms with E-state index in [2.05, 4.69) is 24.0 Å². The maximum atomic E-state index is 5.61. The number of nitrogens with two attached hydrogens (primary N) is 1. The van der Waals surface area contributed by atoms with Crippen molar-refractivity contribution in [2.45, 2.75) is 32.9 Å². The van der Waals surface area contributed by atoms with Crippen LogP contribution in [0.25, 0.3) is 0 Å². The van der Waals surface area contributed by atoms with Gasteiger partial charge in [0, 0.05) is 29.4 Å². The van der Waals surface area contributed by atoms with Gasteiger partial charge in [-0.15, -0.1) is 11.3 Å². The fourth-order valence-corrected chi connectivity index (χ4v) is 2.75. The van der Waals surface area contributed by atoms with Crippen LogP contribution in [0.2, 0.25) is 0 Å². The average molecular weight is 224 g/mol. The van der Waals surface area contributed by atoms with Gasteiger partial charge in [-0.05, 0) is 37.4 Å². The standard InChI is InChI=1S/C12H20N2S/c1-2-14(8-10-3-4-10)9-12-6-5-11(7-13)15-12/h5-6,10H,2-4,7-9,13H2,1H3. The van der Waals surface area contributed by atoms with Crippen LogP contribution < -0.4 is 5.73 Å². The molecule has 1 aliphatic rings. The molecule has 1 aromatic rings. The van der Waals surface area contributed by atoms with Crippen molar-refractivity contribution in [1.29, 1.82) is 0 Å². The van der Waals surface area contributed by atoms with E-state index in [1.807, 2.05) is 11.3 Å². The highest BCUT2D eigenvalue weighted by Crippen LogP contribution is 2.30. The van der Waals surface area contributed by atoms with E-state index in [1.54, 1.807) is 0 Å². The smallest absolute Gasteiger partial charge is 0.0328 e. The Morgan fingerprint density at radius 2 is 2.13 bits per heavy atom. The first-order valence-corrected chi connectivity index (χ1v) is 6.63. The predicted molar refractivity (Wildman–Crippen MR) is 65.9 cm³/mol. The van der Waals surface area contributed by atoms with Crippen LogP contribution in [0.4, 0.5) is 0 Å². The zero-order chi connectivity index (χ0) is 10.7. The first-order valence-electron chi connectivity index (χ1n) is 5.81. The number of hydrogen-bond donors (Lipinski definition) is 1. The minimum Gasteiger partial charge on any atom is -0.326 e. The Hall–Kier alpha value is -0.380. The van der Waals surface area contributed by atoms with E-state index in [9.17, 15) is 0 Å². The van der Waals surface area contributed by atoms with Gasteiger partial charge >= 0.3 is 0 Å². The van der Waals surface area contributed by atoms with E-state index in [1.165, 1.54) is 29.1 Å². The van der Waals surface area contributed by atoms with Gasteiger partial charge in [0.25, 0.3) is 0 Å². The molecule has 1 aromatic heterocycles. The summed E-state index contributed by atoms with van der Waals surface area (Å²) in [6.45, 7) is 6.48. The summed E-state index contributed by atoms with van der Waals surface area (Å²) < 4.78 is 0. The fraction of sp³-hybridized carbons (Fsp3) is 0.667. The van der Waals surface area contributed by atoms with Crippen LogP contribution in [-0.2, 0) is 13.1 Å². The first kappa shape index (κ1) is 11.1. The maximum absolute atomic E-state index is 5.61. The number of thiophene rings is 1. The van der Waals surface area contributed by atoms with E-state index in [0.29, 0.717) is 6.54 Å². The van der Waals surface area contributed by atoms with Crippen molar-refractivity contribution in [2.75, 3.05) is 13.1 Å². The molecule has 0 saturated heterocycles. The zero-order valence-electron chi connectivity index (χ0n) is 9.41. The van der Waals surface area contributed by atoms with E-state index < -0.39 is 0 Å². The minimum absolute atomic E-state index is 0.680. The molecule has 0 spiro atoms. The second-order valence-corrected chi connectivity index (χ2v) is 5.60. The Kier molecular flexibility index (Phi) is 3.78. The molecule has 1 aliphatic carbocycles. The zero-order valence-corrected chi connectivity index (χ0v) is 10.2. The summed E-state index contributed by atoms with van der Waals surface area (Å²) in [6, 6.07) is 4.38. The van der Waals surface area contributed by atoms with Crippen molar-refractivity contribution in [2.24, 2.45) is 11.7 Å². The molecule has 1 fully saturated rings. The summed E-state index contributed by atoms with van der Waals surface area (Å²) in [5, 5.41) is 0. The van der Waals surface area contributed by atoms with Crippen LogP contribution in [0.3, 0.4) is 0 Å². The topological polar surface area (TPSA) is 29.3 Å². The van der Waals surface area contributed by atoms with Crippen molar-refractivity contribution in [3.63, 3.8) is 0 Å². The van der Waals surface area contributed by atoms with E-state index >= 15 is 0 Å². The summed E-state index contributed by atoms with van der Waals surface area (Å²) in [4.78, 5) is 5.30. The van der Waals surface area contributed by atoms with Gasteiger partial charge in [-0.2, -0.15) is 0 Å². The lowest BCUT2D eigenvalue weighted by Gasteiger charge is -2.18. The monoisotopic (exact) mass is 224 g/mol. The number of hydrogen-bond acceptors (Lipinski definition) is 3. The van der Waals surface area contributed by atoms with Gasteiger partial charge in [-0.3, -0.25) is 4.90 Å². The average Bonchev–Trinajstić information content (AvgIpc) is 2.95. The molecule has 0 aliphatic heterocycles. The van der Waals surface area contributed by atoms with Crippen molar-refractivity contribution >= 4 is 11.3 Å². The van der Waals surface area contributed by atoms with Gasteiger partial charge in [-0.25, -0.2) is 0 Å². The third kappa shape index (κ3) is 3.30. The Balaban J connectivity index is 1.86. The molecular formula is C12H20N2S. The molecule has 3 heteroatoms. The Morgan fingerprint density at radius 3 is 2.67 bits per heavy atom. The predicted octanol–water partition coefficient (Wildman–Crippen LogP) is 2.44. The number of nitrogens with zero attached hydrogens (tertiary/aromatic N) is 1. The van der Waals surface area contributed by atoms with E-state index in [-0.39, 0.29) is 0 Å². The molecule has 0 aromatic carbocycles. The highest BCUT2D eigenvalue weighted by Gasteiger charge is 2.23. The second-order valence-electron chi connectivity index (χ2n) is 4.34. The SMILES string of the molecule is CCN(Cc1ccc(CN)s1)CC1CC1. The molecule has 0 radical (unpaired) electrons. The highest BCUT2D eigenvalue weighted by atomic mass is 32.1. The molecule has 0 unspecified atom stereocenters. The summed E-state index contributed by atoms with van der Waals surface area (Å²) in [5.41, 5.74) is 5.61. The summed E-state index contributed by atoms with van der Waals surface area (Å²) in [7, 11) is 0. The van der Waals surface area contributed by atoms with E-state index in [4.69, 9.17) is 5.73 Å². The van der Waals surface area contributed by atoms with E-state index in [0.717, 1.165) is 19.0 Å². The lowest BCUT2D eigenvalue weighted by atomic mass is 10.3. The van der Waals surface area contributed by atoms with Crippen molar-refractivity contribution in [3.05, 3.63) is 21.9 Å². The molecule has 15 heavy (non-hydrogen) atoms. The van der Waals surface area contributed by atoms with Gasteiger partial charge < -0.3 is 5.73 Å². The fourth-order valence-electron chi connectivity index (χ4n) is 1.81. The van der Waals surface area contributed by atoms with Gasteiger partial charge in [-0.1, -0.05) is 6.92 Å². The largest absolute Gasteiger partial charge is 0.326 e. The molecule has 2 rings (SSSR count). The maximum Gasteiger partial charge on any atom is 0.0328 e. The summed E-state index contributed by atoms with van der Waals surface area (Å²) >= 11 is 1.86. The highest BCUT2D eigenvalue weighted by molar-refractivity contribution is 7.11. The molecular weight excluding hydrogens is 204 g/mol. The third-order valence-electron chi connectivity index (χ3n) is 2.96. The molecule has 2 N–H and O–H groups in total. The van der Waals surface area contributed by atoms with Crippen LogP contribution in [-0.4, -0.2) is 18.0 Å². The molecule has 0 amide bonds. The second kappa shape index (κ2) is 5.10. The Bertz CT molecular complexity index is 304. The summed E-state index contributed by atoms with van der Waals surface area (Å²) in [5.74, 6) is 0.985. The molecule has 0 bridgehead atoms. The molecule has 0 atom stereocenters. The lowest BCUT2D eigenvalue weighted by Crippen LogP contribution is -2.24. The van der Waals surface area contributed by atoms with Gasteiger partial charge in [0.05, 0.1) is 0 Å². The van der Waals surface area contributed by atoms with Crippen molar-refractivity contribution in [1.82, 2.24) is 4.90 Å². The van der Waals surface area contributed by atoms with Crippen LogP contribution in [0.1, 0.15) is 29.5 Å². The Morgan fingerprint density at radius 1 is 1.40 bits per heavy atom. The minimum atomic E-state index is 0.680. The quantitative estimate of drug-likeness (QED) is 0.804.